The molecule has 0 saturated carbocycles. The Morgan fingerprint density at radius 3 is 2.38 bits per heavy atom. The zero-order chi connectivity index (χ0) is 19.1. The van der Waals surface area contributed by atoms with E-state index in [1.165, 1.54) is 12.1 Å². The molecule has 0 atom stereocenters. The van der Waals surface area contributed by atoms with Gasteiger partial charge in [-0.05, 0) is 18.2 Å². The van der Waals surface area contributed by atoms with Crippen LogP contribution in [0.15, 0.2) is 51.8 Å². The highest BCUT2D eigenvalue weighted by atomic mass is 32.2. The molecule has 0 radical (unpaired) electrons. The van der Waals surface area contributed by atoms with Crippen LogP contribution in [0, 0.1) is 10.1 Å². The topological polar surface area (TPSA) is 102 Å². The van der Waals surface area contributed by atoms with E-state index in [-0.39, 0.29) is 27.3 Å². The molecule has 1 N–H and O–H groups in total. The van der Waals surface area contributed by atoms with E-state index >= 15 is 0 Å². The van der Waals surface area contributed by atoms with Crippen LogP contribution in [0.25, 0.3) is 22.1 Å². The lowest BCUT2D eigenvalue weighted by molar-refractivity contribution is -0.400. The molecule has 0 amide bonds. The van der Waals surface area contributed by atoms with Gasteiger partial charge >= 0.3 is 12.6 Å². The average Bonchev–Trinajstić information content (AvgIpc) is 2.90. The third kappa shape index (κ3) is 2.96. The maximum atomic E-state index is 12.5. The largest absolute Gasteiger partial charge is 0.442 e. The summed E-state index contributed by atoms with van der Waals surface area (Å²) in [6.07, 6.45) is 0. The van der Waals surface area contributed by atoms with Gasteiger partial charge in [0.05, 0.1) is 16.0 Å². The van der Waals surface area contributed by atoms with E-state index in [1.807, 2.05) is 0 Å². The van der Waals surface area contributed by atoms with Crippen molar-refractivity contribution in [1.82, 2.24) is 0 Å². The summed E-state index contributed by atoms with van der Waals surface area (Å²) >= 11 is 0. The predicted molar refractivity (Wildman–Crippen MR) is 86.2 cm³/mol. The second kappa shape index (κ2) is 6.33. The number of rotatable bonds is 1. The highest BCUT2D eigenvalue weighted by Crippen LogP contribution is 2.47. The van der Waals surface area contributed by atoms with Gasteiger partial charge in [0, 0.05) is 5.56 Å². The minimum absolute atomic E-state index is 0.0167. The smallest absolute Gasteiger partial charge is 0.400 e. The lowest BCUT2D eigenvalue weighted by Gasteiger charge is -2.07. The Balaban J connectivity index is 0.000000447. The molecule has 1 aromatic heterocycles. The average molecular weight is 386 g/mol. The summed E-state index contributed by atoms with van der Waals surface area (Å²) in [5.74, 6) is -0.464. The SMILES string of the molecule is FC(F)F.O=[N+]([O-])c1oc2cccc3c2c1-c1ccccc1S(=O)(=O)N3. The first kappa shape index (κ1) is 17.7. The number of sulfonamides is 1. The summed E-state index contributed by atoms with van der Waals surface area (Å²) in [5, 5.41) is 11.7. The summed E-state index contributed by atoms with van der Waals surface area (Å²) in [4.78, 5) is 10.6. The van der Waals surface area contributed by atoms with Crippen molar-refractivity contribution in [2.75, 3.05) is 4.72 Å². The monoisotopic (exact) mass is 386 g/mol. The van der Waals surface area contributed by atoms with Gasteiger partial charge in [-0.15, -0.1) is 0 Å². The molecule has 7 nitrogen and oxygen atoms in total. The number of hydrogen-bond donors (Lipinski definition) is 1. The Bertz CT molecular complexity index is 1110. The molecule has 0 fully saturated rings. The fourth-order valence-electron chi connectivity index (χ4n) is 2.71. The van der Waals surface area contributed by atoms with Crippen LogP contribution in [0.4, 0.5) is 24.7 Å². The molecular formula is C15H9F3N2O5S. The van der Waals surface area contributed by atoms with Gasteiger partial charge in [0.15, 0.2) is 0 Å². The van der Waals surface area contributed by atoms with Crippen molar-refractivity contribution in [3.63, 3.8) is 0 Å². The Kier molecular flexibility index (Phi) is 4.32. The Morgan fingerprint density at radius 1 is 1.08 bits per heavy atom. The number of fused-ring (bicyclic) bond motifs is 2. The van der Waals surface area contributed by atoms with Crippen molar-refractivity contribution in [2.24, 2.45) is 0 Å². The first-order valence-corrected chi connectivity index (χ1v) is 8.45. The molecule has 2 heterocycles. The Morgan fingerprint density at radius 2 is 1.73 bits per heavy atom. The number of nitrogens with zero attached hydrogens (tertiary/aromatic N) is 1. The zero-order valence-electron chi connectivity index (χ0n) is 12.6. The van der Waals surface area contributed by atoms with Crippen molar-refractivity contribution < 1.29 is 30.9 Å². The molecule has 1 aliphatic heterocycles. The molecule has 26 heavy (non-hydrogen) atoms. The second-order valence-corrected chi connectivity index (χ2v) is 6.72. The fourth-order valence-corrected chi connectivity index (χ4v) is 3.99. The molecule has 136 valence electrons. The van der Waals surface area contributed by atoms with Gasteiger partial charge in [-0.1, -0.05) is 24.3 Å². The summed E-state index contributed by atoms with van der Waals surface area (Å²) in [6, 6.07) is 10.8. The minimum atomic E-state index is -3.82. The Labute approximate surface area is 144 Å². The molecule has 0 unspecified atom stereocenters. The molecular weight excluding hydrogens is 377 g/mol. The van der Waals surface area contributed by atoms with Gasteiger partial charge < -0.3 is 4.42 Å². The van der Waals surface area contributed by atoms with E-state index in [0.717, 1.165) is 0 Å². The molecule has 11 heteroatoms. The van der Waals surface area contributed by atoms with Crippen molar-refractivity contribution >= 4 is 32.6 Å². The maximum absolute atomic E-state index is 12.5. The molecule has 3 aromatic rings. The van der Waals surface area contributed by atoms with E-state index in [1.54, 1.807) is 30.3 Å². The highest BCUT2D eigenvalue weighted by Gasteiger charge is 2.34. The third-order valence-corrected chi connectivity index (χ3v) is 4.98. The minimum Gasteiger partial charge on any atom is -0.400 e. The lowest BCUT2D eigenvalue weighted by atomic mass is 10.0. The van der Waals surface area contributed by atoms with Crippen molar-refractivity contribution in [2.45, 2.75) is 11.6 Å². The molecule has 1 aliphatic rings. The molecule has 0 aliphatic carbocycles. The van der Waals surface area contributed by atoms with Crippen LogP contribution < -0.4 is 4.72 Å². The number of nitro groups is 1. The van der Waals surface area contributed by atoms with Gasteiger partial charge in [-0.3, -0.25) is 14.8 Å². The summed E-state index contributed by atoms with van der Waals surface area (Å²) in [7, 11) is -3.82. The normalized spacial score (nSPS) is 14.0. The predicted octanol–water partition coefficient (Wildman–Crippen LogP) is 4.30. The van der Waals surface area contributed by atoms with Crippen LogP contribution in [0.3, 0.4) is 0 Å². The van der Waals surface area contributed by atoms with E-state index in [2.05, 4.69) is 4.72 Å². The summed E-state index contributed by atoms with van der Waals surface area (Å²) < 4.78 is 61.7. The van der Waals surface area contributed by atoms with Gasteiger partial charge in [-0.2, -0.15) is 13.2 Å². The number of halogens is 3. The van der Waals surface area contributed by atoms with Gasteiger partial charge in [0.1, 0.15) is 16.1 Å². The first-order valence-electron chi connectivity index (χ1n) is 6.96. The second-order valence-electron chi connectivity index (χ2n) is 5.07. The third-order valence-electron chi connectivity index (χ3n) is 3.55. The number of furan rings is 1. The van der Waals surface area contributed by atoms with Crippen LogP contribution in [0.1, 0.15) is 0 Å². The number of alkyl halides is 3. The summed E-state index contributed by atoms with van der Waals surface area (Å²) in [5.41, 5.74) is 0.962. The lowest BCUT2D eigenvalue weighted by Crippen LogP contribution is -2.12. The van der Waals surface area contributed by atoms with Crippen molar-refractivity contribution in [3.8, 4) is 11.1 Å². The molecule has 0 spiro atoms. The van der Waals surface area contributed by atoms with E-state index < -0.39 is 27.5 Å². The summed E-state index contributed by atoms with van der Waals surface area (Å²) in [6.45, 7) is -3.67. The highest BCUT2D eigenvalue weighted by molar-refractivity contribution is 7.93. The maximum Gasteiger partial charge on any atom is 0.442 e. The molecule has 4 rings (SSSR count). The van der Waals surface area contributed by atoms with Crippen LogP contribution in [0.5, 0.6) is 0 Å². The Hall–Kier alpha value is -3.08. The molecule has 2 aromatic carbocycles. The number of anilines is 1. The molecule has 0 bridgehead atoms. The number of hydrogen-bond acceptors (Lipinski definition) is 5. The van der Waals surface area contributed by atoms with Gasteiger partial charge in [0.25, 0.3) is 10.0 Å². The van der Waals surface area contributed by atoms with Crippen LogP contribution >= 0.6 is 0 Å². The quantitative estimate of drug-likeness (QED) is 0.496. The van der Waals surface area contributed by atoms with E-state index in [9.17, 15) is 31.7 Å². The van der Waals surface area contributed by atoms with Gasteiger partial charge in [-0.25, -0.2) is 8.42 Å². The number of nitrogens with one attached hydrogen (secondary N) is 1. The van der Waals surface area contributed by atoms with Crippen LogP contribution in [0.2, 0.25) is 0 Å². The van der Waals surface area contributed by atoms with Crippen LogP contribution in [-0.4, -0.2) is 20.0 Å². The fraction of sp³-hybridized carbons (Fsp3) is 0.0667. The van der Waals surface area contributed by atoms with E-state index in [0.29, 0.717) is 5.39 Å². The van der Waals surface area contributed by atoms with E-state index in [4.69, 9.17) is 4.42 Å². The van der Waals surface area contributed by atoms with Crippen LogP contribution in [-0.2, 0) is 10.0 Å². The molecule has 0 saturated heterocycles. The standard InChI is InChI=1S/C14H8N2O5S.CHF3/c17-16(18)14-12-8-4-1-2-7-11(8)22(19,20)15-9-5-3-6-10(21-14)13(9)12;2-1(3)4/h1-7,15H;1H. The van der Waals surface area contributed by atoms with Crippen molar-refractivity contribution in [1.29, 1.82) is 0 Å². The zero-order valence-corrected chi connectivity index (χ0v) is 13.5. The number of benzene rings is 2. The van der Waals surface area contributed by atoms with Crippen molar-refractivity contribution in [3.05, 3.63) is 52.6 Å². The van der Waals surface area contributed by atoms with Gasteiger partial charge in [0.2, 0.25) is 0 Å². The first-order chi connectivity index (χ1) is 12.2.